The summed E-state index contributed by atoms with van der Waals surface area (Å²) >= 11 is 0. The lowest BCUT2D eigenvalue weighted by molar-refractivity contribution is 0.661. The fourth-order valence-electron chi connectivity index (χ4n) is 9.74. The molecule has 278 valence electrons. The van der Waals surface area contributed by atoms with Crippen LogP contribution in [-0.2, 0) is 5.41 Å². The zero-order valence-corrected chi connectivity index (χ0v) is 32.8. The van der Waals surface area contributed by atoms with Gasteiger partial charge < -0.3 is 4.57 Å². The van der Waals surface area contributed by atoms with Gasteiger partial charge in [-0.15, -0.1) is 0 Å². The third-order valence-corrected chi connectivity index (χ3v) is 12.5. The normalized spacial score (nSPS) is 13.1. The predicted octanol–water partition coefficient (Wildman–Crippen LogP) is 14.0. The Bertz CT molecular complexity index is 3390. The van der Waals surface area contributed by atoms with Crippen LogP contribution in [0.15, 0.2) is 194 Å². The summed E-state index contributed by atoms with van der Waals surface area (Å²) in [6.45, 7) is 4.70. The van der Waals surface area contributed by atoms with Crippen molar-refractivity contribution in [2.75, 3.05) is 0 Å². The van der Waals surface area contributed by atoms with Gasteiger partial charge in [-0.3, -0.25) is 4.57 Å². The Morgan fingerprint density at radius 1 is 0.373 bits per heavy atom. The lowest BCUT2D eigenvalue weighted by atomic mass is 9.82. The van der Waals surface area contributed by atoms with Crippen LogP contribution >= 0.6 is 0 Å². The first kappa shape index (κ1) is 33.6. The summed E-state index contributed by atoms with van der Waals surface area (Å²) in [5, 5.41) is 4.82. The third kappa shape index (κ3) is 5.03. The van der Waals surface area contributed by atoms with Crippen molar-refractivity contribution in [3.05, 3.63) is 205 Å². The number of benzene rings is 8. The van der Waals surface area contributed by atoms with Crippen LogP contribution in [0.2, 0.25) is 0 Å². The number of hydrogen-bond donors (Lipinski definition) is 0. The van der Waals surface area contributed by atoms with Crippen LogP contribution in [0.1, 0.15) is 25.0 Å². The first-order valence-electron chi connectivity index (χ1n) is 20.3. The van der Waals surface area contributed by atoms with Crippen molar-refractivity contribution in [1.29, 1.82) is 0 Å². The molecule has 0 amide bonds. The van der Waals surface area contributed by atoms with Crippen LogP contribution in [0.3, 0.4) is 0 Å². The van der Waals surface area contributed by atoms with Crippen LogP contribution in [0.5, 0.6) is 0 Å². The minimum Gasteiger partial charge on any atom is -0.309 e. The second-order valence-corrected chi connectivity index (χ2v) is 16.2. The second-order valence-electron chi connectivity index (χ2n) is 16.2. The zero-order valence-electron chi connectivity index (χ0n) is 32.8. The number of hydrogen-bond acceptors (Lipinski definition) is 2. The average Bonchev–Trinajstić information content (AvgIpc) is 3.89. The average molecular weight is 755 g/mol. The Morgan fingerprint density at radius 3 is 1.71 bits per heavy atom. The van der Waals surface area contributed by atoms with Gasteiger partial charge >= 0.3 is 0 Å². The third-order valence-electron chi connectivity index (χ3n) is 12.5. The molecule has 0 unspecified atom stereocenters. The topological polar surface area (TPSA) is 35.6 Å². The summed E-state index contributed by atoms with van der Waals surface area (Å²) in [5.74, 6) is 0.650. The van der Waals surface area contributed by atoms with Gasteiger partial charge in [-0.25, -0.2) is 9.97 Å². The number of para-hydroxylation sites is 3. The van der Waals surface area contributed by atoms with E-state index in [9.17, 15) is 0 Å². The lowest BCUT2D eigenvalue weighted by Gasteiger charge is -2.21. The van der Waals surface area contributed by atoms with Crippen molar-refractivity contribution in [1.82, 2.24) is 19.1 Å². The Labute approximate surface area is 342 Å². The molecule has 4 heteroatoms. The molecule has 0 atom stereocenters. The Morgan fingerprint density at radius 2 is 0.966 bits per heavy atom. The molecule has 0 N–H and O–H groups in total. The van der Waals surface area contributed by atoms with E-state index >= 15 is 0 Å². The van der Waals surface area contributed by atoms with Gasteiger partial charge in [-0.05, 0) is 76.3 Å². The summed E-state index contributed by atoms with van der Waals surface area (Å²) in [6, 6.07) is 69.9. The minimum atomic E-state index is -0.172. The summed E-state index contributed by atoms with van der Waals surface area (Å²) in [4.78, 5) is 10.8. The van der Waals surface area contributed by atoms with Crippen molar-refractivity contribution in [2.24, 2.45) is 0 Å². The maximum absolute atomic E-state index is 5.38. The second kappa shape index (κ2) is 12.7. The van der Waals surface area contributed by atoms with E-state index in [1.807, 2.05) is 0 Å². The van der Waals surface area contributed by atoms with Gasteiger partial charge in [0, 0.05) is 49.3 Å². The quantitative estimate of drug-likeness (QED) is 0.175. The fourth-order valence-corrected chi connectivity index (χ4v) is 9.74. The van der Waals surface area contributed by atoms with E-state index in [4.69, 9.17) is 9.97 Å². The number of fused-ring (bicyclic) bond motifs is 9. The molecule has 0 spiro atoms. The monoisotopic (exact) mass is 754 g/mol. The van der Waals surface area contributed by atoms with E-state index < -0.39 is 0 Å². The summed E-state index contributed by atoms with van der Waals surface area (Å²) < 4.78 is 4.72. The molecule has 1 aliphatic rings. The number of nitrogens with zero attached hydrogens (tertiary/aromatic N) is 4. The van der Waals surface area contributed by atoms with E-state index in [2.05, 4.69) is 217 Å². The molecule has 4 nitrogen and oxygen atoms in total. The van der Waals surface area contributed by atoms with Crippen LogP contribution in [0, 0.1) is 0 Å². The molecule has 0 saturated heterocycles. The molecule has 8 aromatic carbocycles. The molecular weight excluding hydrogens is 717 g/mol. The van der Waals surface area contributed by atoms with Gasteiger partial charge in [-0.1, -0.05) is 159 Å². The maximum Gasteiger partial charge on any atom is 0.235 e. The lowest BCUT2D eigenvalue weighted by Crippen LogP contribution is -2.15. The van der Waals surface area contributed by atoms with E-state index in [1.54, 1.807) is 0 Å². The van der Waals surface area contributed by atoms with E-state index in [-0.39, 0.29) is 5.41 Å². The van der Waals surface area contributed by atoms with Crippen LogP contribution in [0.4, 0.5) is 0 Å². The first-order valence-corrected chi connectivity index (χ1v) is 20.3. The van der Waals surface area contributed by atoms with E-state index in [0.717, 1.165) is 50.2 Å². The molecule has 0 radical (unpaired) electrons. The van der Waals surface area contributed by atoms with Crippen molar-refractivity contribution in [3.8, 4) is 56.4 Å². The SMILES string of the molecule is CC1(C)c2ccccc2-c2cc3c4cc(-c5cccc6c7ccccc7n(-c7ccccc7)c56)ccc4n(-c4nc(-c5ccccc5)cc(-c5ccccc5)n4)c3cc21. The zero-order chi connectivity index (χ0) is 39.2. The molecule has 0 saturated carbocycles. The molecule has 1 aliphatic carbocycles. The highest BCUT2D eigenvalue weighted by Gasteiger charge is 2.36. The highest BCUT2D eigenvalue weighted by Crippen LogP contribution is 2.51. The molecule has 11 aromatic rings. The van der Waals surface area contributed by atoms with Gasteiger partial charge in [0.15, 0.2) is 0 Å². The highest BCUT2D eigenvalue weighted by atomic mass is 15.2. The van der Waals surface area contributed by atoms with Gasteiger partial charge in [0.2, 0.25) is 5.95 Å². The summed E-state index contributed by atoms with van der Waals surface area (Å²) in [6.07, 6.45) is 0. The Hall–Kier alpha value is -7.56. The summed E-state index contributed by atoms with van der Waals surface area (Å²) in [5.41, 5.74) is 17.0. The van der Waals surface area contributed by atoms with Crippen molar-refractivity contribution in [3.63, 3.8) is 0 Å². The maximum atomic E-state index is 5.38. The number of rotatable bonds is 5. The van der Waals surface area contributed by atoms with Crippen molar-refractivity contribution in [2.45, 2.75) is 19.3 Å². The van der Waals surface area contributed by atoms with Gasteiger partial charge in [0.1, 0.15) is 0 Å². The molecule has 12 rings (SSSR count). The van der Waals surface area contributed by atoms with E-state index in [0.29, 0.717) is 5.95 Å². The van der Waals surface area contributed by atoms with Gasteiger partial charge in [0.25, 0.3) is 0 Å². The largest absolute Gasteiger partial charge is 0.309 e. The summed E-state index contributed by atoms with van der Waals surface area (Å²) in [7, 11) is 0. The standard InChI is InChI=1S/C55H38N4/c1-55(2)46-27-14-12-23-40(46)43-32-45-44-31-37(39-25-16-26-42-41-24-13-15-28-50(41)58(53(39)42)38-21-10-5-11-22-38)29-30-51(44)59(52(45)33-47(43)55)54-56-48(35-17-6-3-7-18-35)34-49(57-54)36-19-8-4-9-20-36/h3-34H,1-2H3. The Kier molecular flexibility index (Phi) is 7.24. The number of aromatic nitrogens is 4. The van der Waals surface area contributed by atoms with E-state index in [1.165, 1.54) is 55.0 Å². The molecule has 59 heavy (non-hydrogen) atoms. The predicted molar refractivity (Wildman–Crippen MR) is 245 cm³/mol. The van der Waals surface area contributed by atoms with Gasteiger partial charge in [-0.2, -0.15) is 0 Å². The Balaban J connectivity index is 1.18. The molecule has 3 aromatic heterocycles. The van der Waals surface area contributed by atoms with Crippen LogP contribution < -0.4 is 0 Å². The fraction of sp³-hybridized carbons (Fsp3) is 0.0545. The van der Waals surface area contributed by atoms with Crippen LogP contribution in [-0.4, -0.2) is 19.1 Å². The minimum absolute atomic E-state index is 0.172. The molecule has 0 fully saturated rings. The van der Waals surface area contributed by atoms with Crippen molar-refractivity contribution >= 4 is 43.6 Å². The van der Waals surface area contributed by atoms with Crippen molar-refractivity contribution < 1.29 is 0 Å². The smallest absolute Gasteiger partial charge is 0.235 e. The van der Waals surface area contributed by atoms with Crippen LogP contribution in [0.25, 0.3) is 100 Å². The van der Waals surface area contributed by atoms with Gasteiger partial charge in [0.05, 0.1) is 33.5 Å². The molecule has 0 aliphatic heterocycles. The highest BCUT2D eigenvalue weighted by molar-refractivity contribution is 6.16. The molecule has 3 heterocycles. The molecule has 0 bridgehead atoms. The molecular formula is C55H38N4. The first-order chi connectivity index (χ1) is 29.0.